The summed E-state index contributed by atoms with van der Waals surface area (Å²) in [6.45, 7) is 4.31. The van der Waals surface area contributed by atoms with Crippen LogP contribution in [0.5, 0.6) is 0 Å². The van der Waals surface area contributed by atoms with Crippen molar-refractivity contribution in [2.75, 3.05) is 20.1 Å². The minimum atomic E-state index is 0. The molecule has 0 bridgehead atoms. The molecular weight excluding hydrogens is 483 g/mol. The fraction of sp³-hybridized carbons (Fsp3) is 0.353. The van der Waals surface area contributed by atoms with E-state index in [9.17, 15) is 0 Å². The zero-order valence-corrected chi connectivity index (χ0v) is 18.6. The van der Waals surface area contributed by atoms with Crippen molar-refractivity contribution in [2.45, 2.75) is 19.9 Å². The Bertz CT molecular complexity index is 862. The molecule has 26 heavy (non-hydrogen) atoms. The molecule has 0 aromatic carbocycles. The number of pyridine rings is 1. The predicted molar refractivity (Wildman–Crippen MR) is 119 cm³/mol. The zero-order chi connectivity index (χ0) is 17.6. The van der Waals surface area contributed by atoms with Crippen molar-refractivity contribution >= 4 is 58.5 Å². The summed E-state index contributed by atoms with van der Waals surface area (Å²) in [5, 5.41) is 11.8. The third-order valence-electron chi connectivity index (χ3n) is 3.70. The lowest BCUT2D eigenvalue weighted by molar-refractivity contribution is 0.481. The number of hydrogen-bond donors (Lipinski definition) is 1. The van der Waals surface area contributed by atoms with Crippen molar-refractivity contribution in [3.8, 4) is 0 Å². The van der Waals surface area contributed by atoms with Crippen LogP contribution in [0.4, 0.5) is 0 Å². The van der Waals surface area contributed by atoms with Crippen LogP contribution in [0.25, 0.3) is 5.65 Å². The van der Waals surface area contributed by atoms with Gasteiger partial charge in [0.15, 0.2) is 11.6 Å². The SMILES string of the molecule is CCNC(=NCCc1nnc2ccccn12)N(C)Cc1ccc(Cl)s1.I. The van der Waals surface area contributed by atoms with E-state index >= 15 is 0 Å². The van der Waals surface area contributed by atoms with E-state index in [4.69, 9.17) is 16.6 Å². The summed E-state index contributed by atoms with van der Waals surface area (Å²) in [5.41, 5.74) is 0.861. The Hall–Kier alpha value is -1.39. The molecule has 0 spiro atoms. The summed E-state index contributed by atoms with van der Waals surface area (Å²) in [4.78, 5) is 8.03. The van der Waals surface area contributed by atoms with Crippen LogP contribution in [0.3, 0.4) is 0 Å². The maximum absolute atomic E-state index is 6.01. The van der Waals surface area contributed by atoms with Crippen LogP contribution in [0.15, 0.2) is 41.5 Å². The maximum Gasteiger partial charge on any atom is 0.193 e. The number of aromatic nitrogens is 3. The van der Waals surface area contributed by atoms with E-state index < -0.39 is 0 Å². The van der Waals surface area contributed by atoms with Gasteiger partial charge in [-0.15, -0.1) is 45.5 Å². The van der Waals surface area contributed by atoms with Crippen LogP contribution in [0.1, 0.15) is 17.6 Å². The standard InChI is InChI=1S/C17H21ClN6S.HI/c1-3-19-17(23(2)12-13-7-8-14(18)25-13)20-10-9-16-22-21-15-6-4-5-11-24(15)16;/h4-8,11H,3,9-10,12H2,1-2H3,(H,19,20);1H. The average Bonchev–Trinajstić information content (AvgIpc) is 3.20. The molecule has 0 atom stereocenters. The van der Waals surface area contributed by atoms with Crippen LogP contribution in [0, 0.1) is 0 Å². The van der Waals surface area contributed by atoms with Gasteiger partial charge in [0.25, 0.3) is 0 Å². The van der Waals surface area contributed by atoms with E-state index in [2.05, 4.69) is 33.4 Å². The fourth-order valence-corrected chi connectivity index (χ4v) is 3.68. The van der Waals surface area contributed by atoms with Gasteiger partial charge in [0.2, 0.25) is 0 Å². The maximum atomic E-state index is 6.01. The number of nitrogens with one attached hydrogen (secondary N) is 1. The van der Waals surface area contributed by atoms with Gasteiger partial charge < -0.3 is 10.2 Å². The number of rotatable bonds is 6. The monoisotopic (exact) mass is 504 g/mol. The van der Waals surface area contributed by atoms with E-state index in [1.807, 2.05) is 41.9 Å². The van der Waals surface area contributed by atoms with Gasteiger partial charge in [-0.05, 0) is 31.2 Å². The average molecular weight is 505 g/mol. The van der Waals surface area contributed by atoms with Crippen molar-refractivity contribution in [1.82, 2.24) is 24.8 Å². The molecule has 3 aromatic heterocycles. The highest BCUT2D eigenvalue weighted by Crippen LogP contribution is 2.22. The molecule has 9 heteroatoms. The van der Waals surface area contributed by atoms with E-state index in [-0.39, 0.29) is 24.0 Å². The Labute approximate surface area is 179 Å². The lowest BCUT2D eigenvalue weighted by atomic mass is 10.4. The summed E-state index contributed by atoms with van der Waals surface area (Å²) < 4.78 is 2.81. The van der Waals surface area contributed by atoms with Crippen LogP contribution < -0.4 is 5.32 Å². The summed E-state index contributed by atoms with van der Waals surface area (Å²) in [6, 6.07) is 9.86. The Morgan fingerprint density at radius 2 is 2.15 bits per heavy atom. The Morgan fingerprint density at radius 3 is 2.88 bits per heavy atom. The number of halogens is 2. The number of nitrogens with zero attached hydrogens (tertiary/aromatic N) is 5. The minimum Gasteiger partial charge on any atom is -0.357 e. The van der Waals surface area contributed by atoms with Gasteiger partial charge in [0, 0.05) is 37.6 Å². The van der Waals surface area contributed by atoms with Gasteiger partial charge >= 0.3 is 0 Å². The van der Waals surface area contributed by atoms with Crippen molar-refractivity contribution in [3.05, 3.63) is 51.6 Å². The summed E-state index contributed by atoms with van der Waals surface area (Å²) >= 11 is 7.61. The molecule has 0 unspecified atom stereocenters. The number of guanidine groups is 1. The molecule has 140 valence electrons. The van der Waals surface area contributed by atoms with Crippen molar-refractivity contribution in [2.24, 2.45) is 4.99 Å². The summed E-state index contributed by atoms with van der Waals surface area (Å²) in [5.74, 6) is 1.80. The lowest BCUT2D eigenvalue weighted by Gasteiger charge is -2.21. The van der Waals surface area contributed by atoms with Crippen molar-refractivity contribution in [1.29, 1.82) is 0 Å². The normalized spacial score (nSPS) is 11.4. The van der Waals surface area contributed by atoms with E-state index in [1.165, 1.54) is 4.88 Å². The van der Waals surface area contributed by atoms with Crippen LogP contribution in [-0.4, -0.2) is 45.6 Å². The molecule has 6 nitrogen and oxygen atoms in total. The largest absolute Gasteiger partial charge is 0.357 e. The molecule has 0 fully saturated rings. The van der Waals surface area contributed by atoms with Crippen LogP contribution in [0.2, 0.25) is 4.34 Å². The molecule has 1 N–H and O–H groups in total. The molecule has 0 radical (unpaired) electrons. The number of thiophene rings is 1. The highest BCUT2D eigenvalue weighted by Gasteiger charge is 2.09. The van der Waals surface area contributed by atoms with Gasteiger partial charge in [-0.25, -0.2) is 0 Å². The lowest BCUT2D eigenvalue weighted by Crippen LogP contribution is -2.38. The van der Waals surface area contributed by atoms with Gasteiger partial charge in [0.1, 0.15) is 5.82 Å². The highest BCUT2D eigenvalue weighted by atomic mass is 127. The fourth-order valence-electron chi connectivity index (χ4n) is 2.54. The topological polar surface area (TPSA) is 57.8 Å². The Morgan fingerprint density at radius 1 is 1.31 bits per heavy atom. The molecular formula is C17H22ClIN6S. The molecule has 3 aromatic rings. The molecule has 3 heterocycles. The predicted octanol–water partition coefficient (Wildman–Crippen LogP) is 3.70. The molecule has 0 aliphatic carbocycles. The first-order valence-corrected chi connectivity index (χ1v) is 9.39. The number of fused-ring (bicyclic) bond motifs is 1. The van der Waals surface area contributed by atoms with E-state index in [0.29, 0.717) is 6.54 Å². The first-order valence-electron chi connectivity index (χ1n) is 8.19. The minimum absolute atomic E-state index is 0. The first-order chi connectivity index (χ1) is 12.2. The first kappa shape index (κ1) is 20.9. The number of aliphatic imine (C=N–C) groups is 1. The van der Waals surface area contributed by atoms with E-state index in [0.717, 1.165) is 41.3 Å². The van der Waals surface area contributed by atoms with Crippen molar-refractivity contribution < 1.29 is 0 Å². The highest BCUT2D eigenvalue weighted by molar-refractivity contribution is 14.0. The molecule has 3 rings (SSSR count). The van der Waals surface area contributed by atoms with Gasteiger partial charge in [-0.2, -0.15) is 0 Å². The van der Waals surface area contributed by atoms with E-state index in [1.54, 1.807) is 11.3 Å². The third kappa shape index (κ3) is 5.31. The second-order valence-electron chi connectivity index (χ2n) is 5.59. The van der Waals surface area contributed by atoms with Gasteiger partial charge in [-0.3, -0.25) is 9.39 Å². The summed E-state index contributed by atoms with van der Waals surface area (Å²) in [7, 11) is 2.03. The Kier molecular flexibility index (Phi) is 8.11. The molecule has 0 amide bonds. The van der Waals surface area contributed by atoms with Gasteiger partial charge in [-0.1, -0.05) is 17.7 Å². The third-order valence-corrected chi connectivity index (χ3v) is 4.92. The number of hydrogen-bond acceptors (Lipinski definition) is 4. The second-order valence-corrected chi connectivity index (χ2v) is 7.39. The van der Waals surface area contributed by atoms with Crippen LogP contribution in [-0.2, 0) is 13.0 Å². The second kappa shape index (κ2) is 10.1. The molecule has 0 aliphatic heterocycles. The Balaban J connectivity index is 0.00000243. The quantitative estimate of drug-likeness (QED) is 0.316. The summed E-state index contributed by atoms with van der Waals surface area (Å²) in [6.07, 6.45) is 2.71. The zero-order valence-electron chi connectivity index (χ0n) is 14.7. The van der Waals surface area contributed by atoms with Gasteiger partial charge in [0.05, 0.1) is 10.9 Å². The molecule has 0 saturated heterocycles. The smallest absolute Gasteiger partial charge is 0.193 e. The molecule has 0 saturated carbocycles. The van der Waals surface area contributed by atoms with Crippen molar-refractivity contribution in [3.63, 3.8) is 0 Å². The van der Waals surface area contributed by atoms with Crippen LogP contribution >= 0.6 is 46.9 Å². The molecule has 0 aliphatic rings.